The smallest absolute Gasteiger partial charge is 0.462 e. The molecule has 0 aliphatic rings. The Morgan fingerprint density at radius 2 is 0.529 bits per heavy atom. The predicted octanol–water partition coefficient (Wildman–Crippen LogP) is 23.3. The number of unbranched alkanes of at least 4 members (excludes halogenated alkanes) is 31. The minimum Gasteiger partial charge on any atom is -0.462 e. The lowest BCUT2D eigenvalue weighted by Crippen LogP contribution is -2.30. The largest absolute Gasteiger partial charge is 0.472 e. The Bertz CT molecular complexity index is 2360. The maximum Gasteiger partial charge on any atom is 0.472 e. The average Bonchev–Trinajstić information content (AvgIpc) is 0.909. The summed E-state index contributed by atoms with van der Waals surface area (Å²) in [7, 11) is -9.96. The minimum atomic E-state index is -4.98. The van der Waals surface area contributed by atoms with E-state index in [0.29, 0.717) is 25.7 Å². The van der Waals surface area contributed by atoms with Crippen molar-refractivity contribution in [1.82, 2.24) is 0 Å². The number of allylic oxidation sites excluding steroid dienone is 18. The lowest BCUT2D eigenvalue weighted by atomic mass is 10.0. The Morgan fingerprint density at radius 3 is 0.824 bits per heavy atom. The maximum absolute atomic E-state index is 13.1. The fourth-order valence-corrected chi connectivity index (χ4v) is 12.3. The van der Waals surface area contributed by atoms with Crippen molar-refractivity contribution in [3.63, 3.8) is 0 Å². The second kappa shape index (κ2) is 75.0. The van der Waals surface area contributed by atoms with Crippen molar-refractivity contribution >= 4 is 39.5 Å². The van der Waals surface area contributed by atoms with Gasteiger partial charge in [-0.15, -0.1) is 0 Å². The molecular weight excluding hydrogens is 1330 g/mol. The van der Waals surface area contributed by atoms with E-state index in [2.05, 4.69) is 137 Å². The molecule has 102 heavy (non-hydrogen) atoms. The third-order valence-corrected chi connectivity index (χ3v) is 18.6. The van der Waals surface area contributed by atoms with E-state index in [4.69, 9.17) is 37.0 Å². The minimum absolute atomic E-state index is 0.0747. The van der Waals surface area contributed by atoms with E-state index in [9.17, 15) is 43.2 Å². The Kier molecular flexibility index (Phi) is 71.8. The van der Waals surface area contributed by atoms with Crippen LogP contribution in [0, 0.1) is 0 Å². The fourth-order valence-electron chi connectivity index (χ4n) is 10.7. The quantitative estimate of drug-likeness (QED) is 0.0169. The molecule has 0 aromatic heterocycles. The first kappa shape index (κ1) is 97.7. The molecule has 0 aromatic rings. The summed E-state index contributed by atoms with van der Waals surface area (Å²) >= 11 is 0. The zero-order valence-corrected chi connectivity index (χ0v) is 66.0. The highest BCUT2D eigenvalue weighted by molar-refractivity contribution is 7.47. The summed E-state index contributed by atoms with van der Waals surface area (Å²) in [6.45, 7) is 4.58. The van der Waals surface area contributed by atoms with Crippen molar-refractivity contribution in [3.8, 4) is 0 Å². The van der Waals surface area contributed by atoms with Gasteiger partial charge in [0.2, 0.25) is 0 Å². The average molecular weight is 1480 g/mol. The van der Waals surface area contributed by atoms with E-state index in [0.717, 1.165) is 205 Å². The van der Waals surface area contributed by atoms with E-state index in [1.54, 1.807) is 0 Å². The highest BCUT2D eigenvalue weighted by atomic mass is 31.2. The van der Waals surface area contributed by atoms with Gasteiger partial charge < -0.3 is 33.8 Å². The lowest BCUT2D eigenvalue weighted by molar-refractivity contribution is -0.161. The molecule has 0 aliphatic carbocycles. The third-order valence-electron chi connectivity index (χ3n) is 16.7. The molecule has 0 saturated carbocycles. The summed E-state index contributed by atoms with van der Waals surface area (Å²) in [6.07, 6.45) is 80.6. The second-order valence-corrected chi connectivity index (χ2v) is 29.5. The molecule has 0 aromatic carbocycles. The molecule has 0 aliphatic heterocycles. The van der Waals surface area contributed by atoms with Crippen LogP contribution in [-0.2, 0) is 65.4 Å². The van der Waals surface area contributed by atoms with Crippen LogP contribution in [0.25, 0.3) is 0 Å². The third kappa shape index (κ3) is 74.0. The zero-order chi connectivity index (χ0) is 74.6. The van der Waals surface area contributed by atoms with Crippen LogP contribution >= 0.6 is 15.6 Å². The first-order valence-corrected chi connectivity index (χ1v) is 43.1. The molecule has 0 bridgehead atoms. The van der Waals surface area contributed by atoms with Crippen LogP contribution < -0.4 is 0 Å². The molecule has 0 fully saturated rings. The van der Waals surface area contributed by atoms with E-state index >= 15 is 0 Å². The van der Waals surface area contributed by atoms with Crippen molar-refractivity contribution in [1.29, 1.82) is 0 Å². The van der Waals surface area contributed by atoms with Gasteiger partial charge in [-0.2, -0.15) is 0 Å². The lowest BCUT2D eigenvalue weighted by Gasteiger charge is -2.21. The van der Waals surface area contributed by atoms with Gasteiger partial charge in [-0.05, 0) is 122 Å². The van der Waals surface area contributed by atoms with Gasteiger partial charge in [-0.25, -0.2) is 9.13 Å². The van der Waals surface area contributed by atoms with Gasteiger partial charge in [0.1, 0.15) is 19.3 Å². The molecule has 0 spiro atoms. The molecule has 0 rings (SSSR count). The number of hydrogen-bond donors (Lipinski definition) is 3. The van der Waals surface area contributed by atoms with Crippen molar-refractivity contribution in [2.45, 2.75) is 354 Å². The van der Waals surface area contributed by atoms with Crippen LogP contribution in [0.5, 0.6) is 0 Å². The van der Waals surface area contributed by atoms with Crippen molar-refractivity contribution in [2.24, 2.45) is 0 Å². The summed E-state index contributed by atoms with van der Waals surface area (Å²) in [5.74, 6) is -2.20. The van der Waals surface area contributed by atoms with Crippen molar-refractivity contribution in [2.75, 3.05) is 39.6 Å². The molecular formula is C83H144O17P2. The molecule has 0 radical (unpaired) electrons. The Balaban J connectivity index is 5.33. The highest BCUT2D eigenvalue weighted by Gasteiger charge is 2.30. The van der Waals surface area contributed by atoms with Gasteiger partial charge in [0, 0.05) is 25.7 Å². The normalized spacial score (nSPS) is 14.5. The van der Waals surface area contributed by atoms with Crippen LogP contribution in [0.3, 0.4) is 0 Å². The van der Waals surface area contributed by atoms with Crippen LogP contribution in [0.4, 0.5) is 0 Å². The van der Waals surface area contributed by atoms with Gasteiger partial charge in [0.05, 0.1) is 26.4 Å². The number of carbonyl (C=O) groups excluding carboxylic acids is 4. The van der Waals surface area contributed by atoms with Gasteiger partial charge in [0.15, 0.2) is 12.2 Å². The predicted molar refractivity (Wildman–Crippen MR) is 418 cm³/mol. The van der Waals surface area contributed by atoms with Crippen LogP contribution in [0.1, 0.15) is 336 Å². The van der Waals surface area contributed by atoms with E-state index < -0.39 is 97.5 Å². The van der Waals surface area contributed by atoms with Crippen LogP contribution in [-0.4, -0.2) is 96.7 Å². The van der Waals surface area contributed by atoms with Gasteiger partial charge >= 0.3 is 39.5 Å². The summed E-state index contributed by atoms with van der Waals surface area (Å²) in [6, 6.07) is 0. The number of phosphoric ester groups is 2. The topological polar surface area (TPSA) is 237 Å². The number of ether oxygens (including phenoxy) is 4. The molecule has 17 nitrogen and oxygen atoms in total. The number of aliphatic hydroxyl groups excluding tert-OH is 1. The van der Waals surface area contributed by atoms with Gasteiger partial charge in [-0.1, -0.05) is 298 Å². The standard InChI is InChI=1S/C83H144O17P2/c1-5-9-13-17-21-25-29-33-35-37-38-40-42-46-48-52-56-60-64-68-81(86)94-74-79(100-83(88)70-66-62-58-54-50-44-32-28-24-20-16-12-8-4)76-98-102(91,92)96-72-77(84)71-95-101(89,90)97-75-78(99-82(87)69-65-61-57-53-49-43-31-27-23-19-15-11-7-3)73-93-80(85)67-63-59-55-51-47-45-41-39-36-34-30-26-22-18-14-10-6-2/h9-10,13-14,16,20-22,25-26,28,32-36,38,40,77-79,84H,5-8,11-12,15,17-19,23-24,27,29-31,37,39,41-76H2,1-4H3,(H,89,90)(H,91,92)/b13-9-,14-10-,20-16-,25-21-,26-22-,32-28-,35-33-,36-34-,40-38-. The molecule has 0 heterocycles. The Labute approximate surface area is 619 Å². The Morgan fingerprint density at radius 1 is 0.284 bits per heavy atom. The monoisotopic (exact) mass is 1470 g/mol. The molecule has 3 N–H and O–H groups in total. The number of rotatable bonds is 75. The maximum atomic E-state index is 13.1. The van der Waals surface area contributed by atoms with Gasteiger partial charge in [0.25, 0.3) is 0 Å². The fraction of sp³-hybridized carbons (Fsp3) is 0.735. The number of esters is 4. The number of hydrogen-bond acceptors (Lipinski definition) is 15. The zero-order valence-electron chi connectivity index (χ0n) is 64.3. The molecule has 19 heteroatoms. The van der Waals surface area contributed by atoms with Crippen molar-refractivity contribution in [3.05, 3.63) is 109 Å². The molecule has 0 amide bonds. The Hall–Kier alpha value is -4.28. The summed E-state index contributed by atoms with van der Waals surface area (Å²) in [4.78, 5) is 73.0. The highest BCUT2D eigenvalue weighted by Crippen LogP contribution is 2.45. The number of carbonyl (C=O) groups is 4. The first-order valence-electron chi connectivity index (χ1n) is 40.1. The van der Waals surface area contributed by atoms with Crippen LogP contribution in [0.2, 0.25) is 0 Å². The van der Waals surface area contributed by atoms with E-state index in [1.807, 2.05) is 0 Å². The number of phosphoric acid groups is 2. The van der Waals surface area contributed by atoms with Crippen LogP contribution in [0.15, 0.2) is 109 Å². The molecule has 5 unspecified atom stereocenters. The molecule has 588 valence electrons. The summed E-state index contributed by atoms with van der Waals surface area (Å²) in [5.41, 5.74) is 0. The van der Waals surface area contributed by atoms with Gasteiger partial charge in [-0.3, -0.25) is 37.3 Å². The summed E-state index contributed by atoms with van der Waals surface area (Å²) in [5, 5.41) is 10.6. The number of aliphatic hydroxyl groups is 1. The summed E-state index contributed by atoms with van der Waals surface area (Å²) < 4.78 is 68.6. The second-order valence-electron chi connectivity index (χ2n) is 26.6. The van der Waals surface area contributed by atoms with Crippen molar-refractivity contribution < 1.29 is 80.2 Å². The SMILES string of the molecule is CC/C=C\C/C=C\C/C=C\C/C=C\CCCCCCCCC(=O)OCC(COP(=O)(O)OCC(O)COP(=O)(O)OCC(COC(=O)CCCCCCCCC/C=C\C/C=C\C/C=C\CC)OC(=O)CCCCCCCCCCCCCCC)OC(=O)CCCCCCC/C=C\C/C=C\CCC. The van der Waals surface area contributed by atoms with E-state index in [1.165, 1.54) is 51.4 Å². The first-order chi connectivity index (χ1) is 49.7. The molecule has 5 atom stereocenters. The molecule has 0 saturated heterocycles. The van der Waals surface area contributed by atoms with E-state index in [-0.39, 0.29) is 25.7 Å².